The van der Waals surface area contributed by atoms with Gasteiger partial charge in [0.05, 0.1) is 12.8 Å². The van der Waals surface area contributed by atoms with Gasteiger partial charge in [0, 0.05) is 52.8 Å². The van der Waals surface area contributed by atoms with E-state index < -0.39 is 0 Å². The molecule has 1 N–H and O–H groups in total. The van der Waals surface area contributed by atoms with E-state index in [1.165, 1.54) is 6.07 Å². The fraction of sp³-hybridized carbons (Fsp3) is 0.217. The number of aromatic nitrogens is 4. The number of rotatable bonds is 4. The van der Waals surface area contributed by atoms with Crippen LogP contribution in [-0.2, 0) is 13.0 Å². The first-order valence-corrected chi connectivity index (χ1v) is 9.95. The lowest BCUT2D eigenvalue weighted by Gasteiger charge is -2.13. The molecular weight excluding hydrogens is 395 g/mol. The number of nitrogens with zero attached hydrogens (tertiary/aromatic N) is 5. The second-order valence-corrected chi connectivity index (χ2v) is 7.47. The number of nitriles is 1. The van der Waals surface area contributed by atoms with Crippen LogP contribution in [0, 0.1) is 31.0 Å². The van der Waals surface area contributed by atoms with Crippen molar-refractivity contribution in [1.29, 1.82) is 5.26 Å². The summed E-state index contributed by atoms with van der Waals surface area (Å²) in [6.07, 6.45) is 4.01. The molecule has 0 atom stereocenters. The molecule has 0 aliphatic carbocycles. The van der Waals surface area contributed by atoms with E-state index in [0.717, 1.165) is 33.8 Å². The minimum atomic E-state index is -0.283. The molecule has 0 saturated carbocycles. The van der Waals surface area contributed by atoms with Gasteiger partial charge in [0.25, 0.3) is 0 Å². The summed E-state index contributed by atoms with van der Waals surface area (Å²) in [5.74, 6) is 0.916. The lowest BCUT2D eigenvalue weighted by molar-refractivity contribution is 0.356. The van der Waals surface area contributed by atoms with Crippen molar-refractivity contribution in [1.82, 2.24) is 19.4 Å². The van der Waals surface area contributed by atoms with Crippen molar-refractivity contribution in [2.45, 2.75) is 26.8 Å². The Morgan fingerprint density at radius 3 is 2.87 bits per heavy atom. The van der Waals surface area contributed by atoms with Crippen LogP contribution >= 0.6 is 0 Å². The lowest BCUT2D eigenvalue weighted by Crippen LogP contribution is -2.10. The first-order chi connectivity index (χ1) is 15.0. The highest BCUT2D eigenvalue weighted by Crippen LogP contribution is 2.31. The molecule has 1 aromatic carbocycles. The third-order valence-corrected chi connectivity index (χ3v) is 5.48. The van der Waals surface area contributed by atoms with E-state index in [9.17, 15) is 9.65 Å². The van der Waals surface area contributed by atoms with Gasteiger partial charge in [-0.3, -0.25) is 9.38 Å². The molecule has 0 fully saturated rings. The first kappa shape index (κ1) is 19.0. The van der Waals surface area contributed by atoms with Gasteiger partial charge >= 0.3 is 0 Å². The fourth-order valence-corrected chi connectivity index (χ4v) is 4.00. The van der Waals surface area contributed by atoms with E-state index in [2.05, 4.69) is 26.3 Å². The van der Waals surface area contributed by atoms with Gasteiger partial charge in [0.2, 0.25) is 5.95 Å². The van der Waals surface area contributed by atoms with Crippen molar-refractivity contribution >= 4 is 11.6 Å². The van der Waals surface area contributed by atoms with E-state index in [-0.39, 0.29) is 18.1 Å². The van der Waals surface area contributed by atoms with Crippen LogP contribution in [0.2, 0.25) is 0 Å². The number of halogens is 1. The van der Waals surface area contributed by atoms with E-state index in [1.54, 1.807) is 22.9 Å². The summed E-state index contributed by atoms with van der Waals surface area (Å²) in [6.45, 7) is 4.66. The normalized spacial score (nSPS) is 12.5. The van der Waals surface area contributed by atoms with Crippen LogP contribution in [0.1, 0.15) is 28.2 Å². The average Bonchev–Trinajstić information content (AvgIpc) is 3.40. The monoisotopic (exact) mass is 414 g/mol. The number of imidazole rings is 1. The van der Waals surface area contributed by atoms with Gasteiger partial charge in [-0.15, -0.1) is 0 Å². The smallest absolute Gasteiger partial charge is 0.208 e. The van der Waals surface area contributed by atoms with E-state index in [0.29, 0.717) is 30.2 Å². The van der Waals surface area contributed by atoms with Crippen LogP contribution < -0.4 is 10.1 Å². The molecule has 1 aliphatic heterocycles. The number of ether oxygens (including phenoxy) is 1. The van der Waals surface area contributed by atoms with Gasteiger partial charge < -0.3 is 10.1 Å². The molecule has 0 radical (unpaired) electrons. The van der Waals surface area contributed by atoms with E-state index in [1.807, 2.05) is 26.0 Å². The number of fused-ring (bicyclic) bond motifs is 2. The summed E-state index contributed by atoms with van der Waals surface area (Å²) >= 11 is 0. The highest BCUT2D eigenvalue weighted by molar-refractivity contribution is 5.79. The van der Waals surface area contributed by atoms with Crippen molar-refractivity contribution in [2.24, 2.45) is 0 Å². The van der Waals surface area contributed by atoms with Gasteiger partial charge in [-0.25, -0.2) is 14.4 Å². The minimum absolute atomic E-state index is 0.241. The molecule has 8 heteroatoms. The van der Waals surface area contributed by atoms with Gasteiger partial charge in [-0.1, -0.05) is 6.07 Å². The molecule has 1 aliphatic rings. The number of nitrogens with one attached hydrogen (secondary N) is 1. The number of anilines is 1. The second-order valence-electron chi connectivity index (χ2n) is 7.47. The molecule has 4 heterocycles. The Balaban J connectivity index is 1.56. The van der Waals surface area contributed by atoms with Crippen molar-refractivity contribution in [2.75, 3.05) is 11.9 Å². The number of benzene rings is 1. The predicted octanol–water partition coefficient (Wildman–Crippen LogP) is 3.97. The Morgan fingerprint density at radius 2 is 2.06 bits per heavy atom. The zero-order valence-electron chi connectivity index (χ0n) is 17.1. The van der Waals surface area contributed by atoms with Crippen LogP contribution in [0.5, 0.6) is 5.75 Å². The number of aryl methyl sites for hydroxylation is 2. The van der Waals surface area contributed by atoms with E-state index >= 15 is 0 Å². The summed E-state index contributed by atoms with van der Waals surface area (Å²) in [5, 5.41) is 12.6. The maximum atomic E-state index is 14.5. The first-order valence-electron chi connectivity index (χ1n) is 9.95. The van der Waals surface area contributed by atoms with Crippen LogP contribution in [0.4, 0.5) is 10.3 Å². The van der Waals surface area contributed by atoms with Gasteiger partial charge in [-0.2, -0.15) is 5.26 Å². The quantitative estimate of drug-likeness (QED) is 0.544. The van der Waals surface area contributed by atoms with Crippen molar-refractivity contribution in [3.05, 3.63) is 70.7 Å². The molecule has 7 nitrogen and oxygen atoms in total. The topological polar surface area (TPSA) is 88.1 Å². The molecule has 3 aromatic heterocycles. The van der Waals surface area contributed by atoms with E-state index in [4.69, 9.17) is 4.74 Å². The minimum Gasteiger partial charge on any atom is -0.493 e. The summed E-state index contributed by atoms with van der Waals surface area (Å²) < 4.78 is 21.8. The Labute approximate surface area is 178 Å². The maximum Gasteiger partial charge on any atom is 0.208 e. The van der Waals surface area contributed by atoms with Crippen molar-refractivity contribution in [3.63, 3.8) is 0 Å². The van der Waals surface area contributed by atoms with Gasteiger partial charge in [0.15, 0.2) is 11.3 Å². The molecule has 0 spiro atoms. The Hall–Kier alpha value is -3.99. The number of pyridine rings is 1. The summed E-state index contributed by atoms with van der Waals surface area (Å²) in [4.78, 5) is 13.5. The van der Waals surface area contributed by atoms with Gasteiger partial charge in [-0.05, 0) is 32.0 Å². The summed E-state index contributed by atoms with van der Waals surface area (Å²) in [5.41, 5.74) is 5.75. The highest BCUT2D eigenvalue weighted by Gasteiger charge is 2.20. The molecule has 0 unspecified atom stereocenters. The predicted molar refractivity (Wildman–Crippen MR) is 113 cm³/mol. The average molecular weight is 414 g/mol. The Morgan fingerprint density at radius 1 is 1.19 bits per heavy atom. The molecule has 154 valence electrons. The summed E-state index contributed by atoms with van der Waals surface area (Å²) in [7, 11) is 0. The highest BCUT2D eigenvalue weighted by atomic mass is 19.1. The number of hydrogen-bond acceptors (Lipinski definition) is 6. The zero-order chi connectivity index (χ0) is 21.5. The Bertz CT molecular complexity index is 1370. The van der Waals surface area contributed by atoms with Crippen LogP contribution in [-0.4, -0.2) is 26.0 Å². The van der Waals surface area contributed by atoms with Gasteiger partial charge in [0.1, 0.15) is 17.6 Å². The molecular formula is C23H19FN6O. The van der Waals surface area contributed by atoms with Crippen molar-refractivity contribution in [3.8, 4) is 22.9 Å². The van der Waals surface area contributed by atoms with Crippen LogP contribution in [0.25, 0.3) is 16.8 Å². The van der Waals surface area contributed by atoms with Crippen molar-refractivity contribution < 1.29 is 9.13 Å². The van der Waals surface area contributed by atoms with Crippen LogP contribution in [0.15, 0.2) is 36.7 Å². The third kappa shape index (κ3) is 3.24. The maximum absolute atomic E-state index is 14.5. The third-order valence-electron chi connectivity index (χ3n) is 5.48. The SMILES string of the molecule is Cc1ccc(-c2cnc(NCc3c(F)ccc4c3CCO4)n3cc(C#N)nc23)c(C)n1. The molecule has 0 bridgehead atoms. The molecule has 4 aromatic rings. The Kier molecular flexibility index (Phi) is 4.51. The van der Waals surface area contributed by atoms with Crippen LogP contribution in [0.3, 0.4) is 0 Å². The molecule has 0 saturated heterocycles. The molecule has 5 rings (SSSR count). The fourth-order valence-electron chi connectivity index (χ4n) is 4.00. The molecule has 31 heavy (non-hydrogen) atoms. The standard InChI is InChI=1S/C23H19FN6O/c1-13-3-4-16(14(2)28-13)19-11-27-23(30-12-15(9-25)29-22(19)30)26-10-18-17-7-8-31-21(17)6-5-20(18)24/h3-6,11-12H,7-8,10H2,1-2H3,(H,26,27). The second kappa shape index (κ2) is 7.36. The largest absolute Gasteiger partial charge is 0.493 e. The lowest BCUT2D eigenvalue weighted by atomic mass is 10.0. The molecule has 0 amide bonds. The summed E-state index contributed by atoms with van der Waals surface area (Å²) in [6, 6.07) is 9.08. The number of hydrogen-bond donors (Lipinski definition) is 1. The zero-order valence-corrected chi connectivity index (χ0v) is 17.1.